The van der Waals surface area contributed by atoms with E-state index in [1.165, 1.54) is 20.0 Å². The quantitative estimate of drug-likeness (QED) is 0.459. The lowest BCUT2D eigenvalue weighted by Crippen LogP contribution is -2.53. The lowest BCUT2D eigenvalue weighted by atomic mass is 9.46. The highest BCUT2D eigenvalue weighted by Gasteiger charge is 2.60. The number of ether oxygens (including phenoxy) is 2. The lowest BCUT2D eigenvalue weighted by molar-refractivity contribution is -0.137. The number of rotatable bonds is 2. The molecule has 0 aromatic rings. The molecule has 0 amide bonds. The maximum Gasteiger partial charge on any atom is 0.404 e. The summed E-state index contributed by atoms with van der Waals surface area (Å²) in [6.45, 7) is 4.77. The minimum Gasteiger partial charge on any atom is -0.466 e. The summed E-state index contributed by atoms with van der Waals surface area (Å²) in [5.74, 6) is 2.31. The van der Waals surface area contributed by atoms with E-state index >= 15 is 0 Å². The van der Waals surface area contributed by atoms with Gasteiger partial charge in [0, 0.05) is 22.6 Å². The second kappa shape index (κ2) is 6.79. The first kappa shape index (κ1) is 19.3. The van der Waals surface area contributed by atoms with Gasteiger partial charge in [-0.05, 0) is 80.5 Å². The first-order valence-corrected chi connectivity index (χ1v) is 10.8. The maximum absolute atomic E-state index is 12.0. The van der Waals surface area contributed by atoms with Crippen LogP contribution in [0.1, 0.15) is 65.2 Å². The monoisotopic (exact) mass is 394 g/mol. The summed E-state index contributed by atoms with van der Waals surface area (Å²) in [4.78, 5) is 23.3. The molecule has 3 saturated carbocycles. The Morgan fingerprint density at radius 3 is 2.48 bits per heavy atom. The Kier molecular flexibility index (Phi) is 4.85. The van der Waals surface area contributed by atoms with Crippen LogP contribution < -0.4 is 0 Å². The molecule has 0 aliphatic heterocycles. The van der Waals surface area contributed by atoms with E-state index in [1.54, 1.807) is 0 Å². The van der Waals surface area contributed by atoms with Crippen LogP contribution in [-0.4, -0.2) is 24.6 Å². The van der Waals surface area contributed by atoms with E-state index in [0.717, 1.165) is 44.1 Å². The number of fused-ring (bicyclic) bond motifs is 5. The third kappa shape index (κ3) is 2.94. The molecular formula is C22H31ClO4. The topological polar surface area (TPSA) is 52.6 Å². The molecule has 4 rings (SSSR count). The standard InChI is InChI=1S/C22H31ClO4/c1-21-10-8-13(19(24)26-3)12-14(21)4-5-15-16-6-7-18(27-20(23)25)22(16,2)11-9-17(15)21/h12,14-18H,4-11H2,1-3H3/t14-,15-,16-,17-,18-,21-,22-/m0/s1. The molecule has 0 spiro atoms. The zero-order valence-electron chi connectivity index (χ0n) is 16.6. The molecule has 150 valence electrons. The van der Waals surface area contributed by atoms with Gasteiger partial charge in [-0.1, -0.05) is 19.9 Å². The van der Waals surface area contributed by atoms with Gasteiger partial charge in [-0.15, -0.1) is 0 Å². The number of halogens is 1. The molecule has 0 aromatic heterocycles. The van der Waals surface area contributed by atoms with E-state index < -0.39 is 5.43 Å². The van der Waals surface area contributed by atoms with Crippen molar-refractivity contribution in [1.29, 1.82) is 0 Å². The molecule has 0 N–H and O–H groups in total. The van der Waals surface area contributed by atoms with Crippen LogP contribution in [0.5, 0.6) is 0 Å². The molecule has 5 heteroatoms. The van der Waals surface area contributed by atoms with Gasteiger partial charge >= 0.3 is 11.4 Å². The SMILES string of the molecule is COC(=O)C1=C[C@@H]2CC[C@@H]3[C@H](CC[C@]4(C)[C@@H](OC(=O)Cl)CC[C@@H]34)[C@@]2(C)CC1. The van der Waals surface area contributed by atoms with E-state index in [1.807, 2.05) is 0 Å². The van der Waals surface area contributed by atoms with Crippen LogP contribution >= 0.6 is 11.6 Å². The van der Waals surface area contributed by atoms with E-state index in [2.05, 4.69) is 19.9 Å². The van der Waals surface area contributed by atoms with Crippen molar-refractivity contribution in [3.05, 3.63) is 11.6 Å². The highest BCUT2D eigenvalue weighted by molar-refractivity contribution is 6.61. The molecule has 0 saturated heterocycles. The number of allylic oxidation sites excluding steroid dienone is 1. The Morgan fingerprint density at radius 2 is 1.78 bits per heavy atom. The molecule has 0 radical (unpaired) electrons. The highest BCUT2D eigenvalue weighted by atomic mass is 35.5. The number of carbonyl (C=O) groups excluding carboxylic acids is 2. The number of methoxy groups -OCH3 is 1. The molecule has 4 aliphatic carbocycles. The van der Waals surface area contributed by atoms with Crippen LogP contribution in [0.2, 0.25) is 0 Å². The number of hydrogen-bond donors (Lipinski definition) is 0. The average molecular weight is 395 g/mol. The van der Waals surface area contributed by atoms with Gasteiger partial charge in [0.2, 0.25) is 0 Å². The zero-order valence-corrected chi connectivity index (χ0v) is 17.4. The second-order valence-corrected chi connectivity index (χ2v) is 10.0. The first-order valence-electron chi connectivity index (χ1n) is 10.4. The third-order valence-electron chi connectivity index (χ3n) is 8.87. The van der Waals surface area contributed by atoms with Gasteiger partial charge in [-0.3, -0.25) is 0 Å². The Hall–Kier alpha value is -1.03. The highest BCUT2D eigenvalue weighted by Crippen LogP contribution is 2.66. The van der Waals surface area contributed by atoms with Crippen molar-refractivity contribution in [3.63, 3.8) is 0 Å². The van der Waals surface area contributed by atoms with Gasteiger partial charge in [0.15, 0.2) is 0 Å². The molecule has 0 unspecified atom stereocenters. The summed E-state index contributed by atoms with van der Waals surface area (Å²) < 4.78 is 10.5. The molecular weight excluding hydrogens is 364 g/mol. The Morgan fingerprint density at radius 1 is 1.04 bits per heavy atom. The minimum absolute atomic E-state index is 0.0313. The molecule has 0 aromatic carbocycles. The molecule has 0 heterocycles. The minimum atomic E-state index is -0.660. The van der Waals surface area contributed by atoms with Crippen molar-refractivity contribution in [2.45, 2.75) is 71.3 Å². The van der Waals surface area contributed by atoms with Crippen molar-refractivity contribution in [1.82, 2.24) is 0 Å². The fourth-order valence-corrected chi connectivity index (χ4v) is 7.53. The van der Waals surface area contributed by atoms with Gasteiger partial charge < -0.3 is 9.47 Å². The largest absolute Gasteiger partial charge is 0.466 e. The van der Waals surface area contributed by atoms with Crippen LogP contribution in [0.25, 0.3) is 0 Å². The van der Waals surface area contributed by atoms with Gasteiger partial charge in [0.05, 0.1) is 7.11 Å². The predicted octanol–water partition coefficient (Wildman–Crippen LogP) is 5.48. The number of carbonyl (C=O) groups is 2. The van der Waals surface area contributed by atoms with Gasteiger partial charge in [-0.25, -0.2) is 9.59 Å². The van der Waals surface area contributed by atoms with Crippen LogP contribution in [0.4, 0.5) is 4.79 Å². The molecule has 4 nitrogen and oxygen atoms in total. The number of hydrogen-bond acceptors (Lipinski definition) is 4. The first-order chi connectivity index (χ1) is 12.8. The van der Waals surface area contributed by atoms with E-state index in [4.69, 9.17) is 21.1 Å². The van der Waals surface area contributed by atoms with Gasteiger partial charge in [-0.2, -0.15) is 0 Å². The second-order valence-electron chi connectivity index (χ2n) is 9.72. The fraction of sp³-hybridized carbons (Fsp3) is 0.818. The van der Waals surface area contributed by atoms with Crippen LogP contribution in [0.3, 0.4) is 0 Å². The van der Waals surface area contributed by atoms with Crippen molar-refractivity contribution in [2.75, 3.05) is 7.11 Å². The zero-order chi connectivity index (χ0) is 19.4. The number of esters is 1. The molecule has 3 fully saturated rings. The summed E-state index contributed by atoms with van der Waals surface area (Å²) in [6.07, 6.45) is 10.8. The third-order valence-corrected chi connectivity index (χ3v) is 8.96. The molecule has 0 bridgehead atoms. The lowest BCUT2D eigenvalue weighted by Gasteiger charge is -2.59. The summed E-state index contributed by atoms with van der Waals surface area (Å²) in [7, 11) is 1.47. The fourth-order valence-electron chi connectivity index (χ4n) is 7.42. The van der Waals surface area contributed by atoms with Crippen LogP contribution in [-0.2, 0) is 14.3 Å². The Labute approximate surface area is 167 Å². The maximum atomic E-state index is 12.0. The Bertz CT molecular complexity index is 673. The Balaban J connectivity index is 1.57. The summed E-state index contributed by atoms with van der Waals surface area (Å²) in [5.41, 5.74) is 0.543. The molecule has 7 atom stereocenters. The van der Waals surface area contributed by atoms with E-state index in [-0.39, 0.29) is 22.9 Å². The summed E-state index contributed by atoms with van der Waals surface area (Å²) >= 11 is 5.55. The van der Waals surface area contributed by atoms with Gasteiger partial charge in [0.25, 0.3) is 0 Å². The molecule has 4 aliphatic rings. The van der Waals surface area contributed by atoms with E-state index in [9.17, 15) is 9.59 Å². The molecule has 27 heavy (non-hydrogen) atoms. The average Bonchev–Trinajstić information content (AvgIpc) is 2.96. The summed E-state index contributed by atoms with van der Waals surface area (Å²) in [5, 5.41) is 0. The predicted molar refractivity (Wildman–Crippen MR) is 103 cm³/mol. The smallest absolute Gasteiger partial charge is 0.404 e. The van der Waals surface area contributed by atoms with Crippen molar-refractivity contribution >= 4 is 23.0 Å². The van der Waals surface area contributed by atoms with Crippen molar-refractivity contribution in [2.24, 2.45) is 34.5 Å². The van der Waals surface area contributed by atoms with Crippen molar-refractivity contribution in [3.8, 4) is 0 Å². The van der Waals surface area contributed by atoms with Gasteiger partial charge in [0.1, 0.15) is 6.10 Å². The van der Waals surface area contributed by atoms with Crippen LogP contribution in [0.15, 0.2) is 11.6 Å². The summed E-state index contributed by atoms with van der Waals surface area (Å²) in [6, 6.07) is 0. The normalized spacial score (nSPS) is 45.8. The van der Waals surface area contributed by atoms with Crippen LogP contribution in [0, 0.1) is 34.5 Å². The van der Waals surface area contributed by atoms with Crippen molar-refractivity contribution < 1.29 is 19.1 Å². The van der Waals surface area contributed by atoms with E-state index in [0.29, 0.717) is 23.7 Å².